The molecule has 0 saturated carbocycles. The molecule has 0 radical (unpaired) electrons. The van der Waals surface area contributed by atoms with Gasteiger partial charge in [-0.05, 0) is 26.2 Å². The van der Waals surface area contributed by atoms with Gasteiger partial charge in [0.15, 0.2) is 0 Å². The van der Waals surface area contributed by atoms with Gasteiger partial charge in [-0.25, -0.2) is 0 Å². The highest BCUT2D eigenvalue weighted by Crippen LogP contribution is 1.96. The molecule has 0 saturated heterocycles. The van der Waals surface area contributed by atoms with Crippen molar-refractivity contribution in [2.75, 3.05) is 13.2 Å². The highest BCUT2D eigenvalue weighted by Gasteiger charge is 1.88. The van der Waals surface area contributed by atoms with E-state index in [0.717, 1.165) is 32.5 Å². The summed E-state index contributed by atoms with van der Waals surface area (Å²) in [6.45, 7) is 11.1. The van der Waals surface area contributed by atoms with E-state index in [-0.39, 0.29) is 0 Å². The molecule has 0 aliphatic rings. The van der Waals surface area contributed by atoms with E-state index in [4.69, 9.17) is 4.74 Å². The Hall–Kier alpha value is -0.560. The van der Waals surface area contributed by atoms with Crippen LogP contribution in [0.2, 0.25) is 0 Å². The van der Waals surface area contributed by atoms with Crippen LogP contribution >= 0.6 is 0 Å². The van der Waals surface area contributed by atoms with E-state index in [1.165, 1.54) is 5.57 Å². The maximum atomic E-state index is 5.34. The van der Waals surface area contributed by atoms with Gasteiger partial charge >= 0.3 is 0 Å². The number of allylic oxidation sites excluding steroid dienone is 1. The van der Waals surface area contributed by atoms with Crippen LogP contribution in [0.3, 0.4) is 0 Å². The molecule has 1 nitrogen and oxygen atoms in total. The molecular formula is C10H18O. The van der Waals surface area contributed by atoms with E-state index in [0.29, 0.717) is 0 Å². The molecule has 0 aliphatic heterocycles. The Morgan fingerprint density at radius 2 is 2.18 bits per heavy atom. The monoisotopic (exact) mass is 154 g/mol. The Balaban J connectivity index is 2.90. The lowest BCUT2D eigenvalue weighted by molar-refractivity contribution is 0.135. The molecule has 0 N–H and O–H groups in total. The number of ether oxygens (including phenoxy) is 1. The summed E-state index contributed by atoms with van der Waals surface area (Å²) in [7, 11) is 0. The van der Waals surface area contributed by atoms with E-state index in [2.05, 4.69) is 13.2 Å². The Morgan fingerprint density at radius 3 is 2.73 bits per heavy atom. The summed E-state index contributed by atoms with van der Waals surface area (Å²) in [6, 6.07) is 0. The van der Waals surface area contributed by atoms with Crippen molar-refractivity contribution in [2.24, 2.45) is 0 Å². The molecule has 0 bridgehead atoms. The summed E-state index contributed by atoms with van der Waals surface area (Å²) in [5, 5.41) is 0. The van der Waals surface area contributed by atoms with Gasteiger partial charge in [-0.1, -0.05) is 11.6 Å². The van der Waals surface area contributed by atoms with E-state index in [1.807, 2.05) is 13.0 Å². The molecule has 1 heteroatoms. The van der Waals surface area contributed by atoms with Crippen molar-refractivity contribution in [3.63, 3.8) is 0 Å². The summed E-state index contributed by atoms with van der Waals surface area (Å²) in [5.74, 6) is 0. The average molecular weight is 154 g/mol. The first kappa shape index (κ1) is 10.4. The van der Waals surface area contributed by atoms with Crippen LogP contribution in [0.5, 0.6) is 0 Å². The predicted molar refractivity (Wildman–Crippen MR) is 49.7 cm³/mol. The molecule has 0 unspecified atom stereocenters. The van der Waals surface area contributed by atoms with Crippen molar-refractivity contribution >= 4 is 0 Å². The number of hydrogen-bond donors (Lipinski definition) is 0. The maximum absolute atomic E-state index is 5.34. The molecular weight excluding hydrogens is 136 g/mol. The van der Waals surface area contributed by atoms with E-state index < -0.39 is 0 Å². The Labute approximate surface area is 69.8 Å². The Bertz CT molecular complexity index is 116. The number of unbranched alkanes of at least 4 members (excludes halogenated alkanes) is 1. The topological polar surface area (TPSA) is 9.23 Å². The first-order valence-electron chi connectivity index (χ1n) is 4.10. The van der Waals surface area contributed by atoms with Crippen molar-refractivity contribution in [2.45, 2.75) is 26.2 Å². The average Bonchev–Trinajstić information content (AvgIpc) is 1.96. The van der Waals surface area contributed by atoms with Crippen molar-refractivity contribution in [1.82, 2.24) is 0 Å². The second-order valence-electron chi connectivity index (χ2n) is 2.75. The lowest BCUT2D eigenvalue weighted by Crippen LogP contribution is -1.96. The molecule has 0 fully saturated rings. The zero-order valence-corrected chi connectivity index (χ0v) is 7.44. The Morgan fingerprint density at radius 1 is 1.45 bits per heavy atom. The van der Waals surface area contributed by atoms with Crippen LogP contribution < -0.4 is 0 Å². The van der Waals surface area contributed by atoms with Crippen LogP contribution in [0.1, 0.15) is 26.2 Å². The van der Waals surface area contributed by atoms with Gasteiger partial charge < -0.3 is 4.74 Å². The normalized spacial score (nSPS) is 9.55. The molecule has 0 atom stereocenters. The maximum Gasteiger partial charge on any atom is 0.0502 e. The van der Waals surface area contributed by atoms with Gasteiger partial charge in [0.25, 0.3) is 0 Å². The molecule has 64 valence electrons. The third-order valence-corrected chi connectivity index (χ3v) is 1.37. The van der Waals surface area contributed by atoms with Crippen molar-refractivity contribution < 1.29 is 4.74 Å². The molecule has 0 aliphatic carbocycles. The van der Waals surface area contributed by atoms with Crippen LogP contribution in [-0.4, -0.2) is 13.2 Å². The fourth-order valence-corrected chi connectivity index (χ4v) is 0.678. The van der Waals surface area contributed by atoms with Crippen LogP contribution in [0.4, 0.5) is 0 Å². The summed E-state index contributed by atoms with van der Waals surface area (Å²) < 4.78 is 5.34. The second kappa shape index (κ2) is 7.55. The highest BCUT2D eigenvalue weighted by atomic mass is 16.5. The van der Waals surface area contributed by atoms with E-state index in [1.54, 1.807) is 0 Å². The number of hydrogen-bond acceptors (Lipinski definition) is 1. The minimum atomic E-state index is 0.812. The predicted octanol–water partition coefficient (Wildman–Crippen LogP) is 2.94. The van der Waals surface area contributed by atoms with Crippen LogP contribution in [0, 0.1) is 0 Å². The van der Waals surface area contributed by atoms with Gasteiger partial charge in [0, 0.05) is 6.61 Å². The standard InChI is InChI=1S/C10H18O/c1-4-5-6-8-11-9-7-10(2)3/h4H,1-2,5-9H2,3H3. The third kappa shape index (κ3) is 9.44. The SMILES string of the molecule is C=CCCCOCCC(=C)C. The van der Waals surface area contributed by atoms with Crippen molar-refractivity contribution in [1.29, 1.82) is 0 Å². The lowest BCUT2D eigenvalue weighted by Gasteiger charge is -2.01. The van der Waals surface area contributed by atoms with Gasteiger partial charge in [-0.15, -0.1) is 13.2 Å². The zero-order valence-electron chi connectivity index (χ0n) is 7.44. The first-order chi connectivity index (χ1) is 5.27. The van der Waals surface area contributed by atoms with Crippen LogP contribution in [-0.2, 0) is 4.74 Å². The molecule has 0 aromatic heterocycles. The van der Waals surface area contributed by atoms with Crippen molar-refractivity contribution in [3.05, 3.63) is 24.8 Å². The molecule has 11 heavy (non-hydrogen) atoms. The van der Waals surface area contributed by atoms with Crippen molar-refractivity contribution in [3.8, 4) is 0 Å². The van der Waals surface area contributed by atoms with E-state index >= 15 is 0 Å². The number of rotatable bonds is 7. The van der Waals surface area contributed by atoms with Gasteiger partial charge in [-0.2, -0.15) is 0 Å². The van der Waals surface area contributed by atoms with Crippen LogP contribution in [0.15, 0.2) is 24.8 Å². The van der Waals surface area contributed by atoms with Gasteiger partial charge in [-0.3, -0.25) is 0 Å². The largest absolute Gasteiger partial charge is 0.381 e. The fraction of sp³-hybridized carbons (Fsp3) is 0.600. The van der Waals surface area contributed by atoms with Crippen LogP contribution in [0.25, 0.3) is 0 Å². The molecule has 0 spiro atoms. The smallest absolute Gasteiger partial charge is 0.0502 e. The second-order valence-corrected chi connectivity index (χ2v) is 2.75. The fourth-order valence-electron chi connectivity index (χ4n) is 0.678. The minimum Gasteiger partial charge on any atom is -0.381 e. The summed E-state index contributed by atoms with van der Waals surface area (Å²) in [6.07, 6.45) is 5.03. The van der Waals surface area contributed by atoms with Gasteiger partial charge in [0.05, 0.1) is 6.61 Å². The summed E-state index contributed by atoms with van der Waals surface area (Å²) in [4.78, 5) is 0. The highest BCUT2D eigenvalue weighted by molar-refractivity contribution is 4.87. The Kier molecular flexibility index (Phi) is 7.16. The minimum absolute atomic E-state index is 0.812. The molecule has 0 aromatic rings. The van der Waals surface area contributed by atoms with E-state index in [9.17, 15) is 0 Å². The summed E-state index contributed by atoms with van der Waals surface area (Å²) >= 11 is 0. The third-order valence-electron chi connectivity index (χ3n) is 1.37. The molecule has 0 rings (SSSR count). The molecule has 0 amide bonds. The summed E-state index contributed by atoms with van der Waals surface area (Å²) in [5.41, 5.74) is 1.19. The lowest BCUT2D eigenvalue weighted by atomic mass is 10.3. The van der Waals surface area contributed by atoms with Gasteiger partial charge in [0.1, 0.15) is 0 Å². The zero-order chi connectivity index (χ0) is 8.53. The van der Waals surface area contributed by atoms with Gasteiger partial charge in [0.2, 0.25) is 0 Å². The quantitative estimate of drug-likeness (QED) is 0.404. The molecule has 0 aromatic carbocycles. The first-order valence-corrected chi connectivity index (χ1v) is 4.10. The molecule has 0 heterocycles.